The molecule has 7 heteroatoms. The summed E-state index contributed by atoms with van der Waals surface area (Å²) < 4.78 is 4.99. The van der Waals surface area contributed by atoms with Gasteiger partial charge in [0.25, 0.3) is 0 Å². The van der Waals surface area contributed by atoms with Gasteiger partial charge in [-0.2, -0.15) is 5.10 Å². The second-order valence-electron chi connectivity index (χ2n) is 5.58. The van der Waals surface area contributed by atoms with E-state index in [1.807, 2.05) is 0 Å². The molecule has 1 aliphatic carbocycles. The van der Waals surface area contributed by atoms with Gasteiger partial charge in [0.05, 0.1) is 31.1 Å². The Bertz CT molecular complexity index is 542. The number of carbonyl (C=O) groups excluding carboxylic acids is 2. The van der Waals surface area contributed by atoms with Crippen LogP contribution in [-0.4, -0.2) is 65.3 Å². The lowest BCUT2D eigenvalue weighted by molar-refractivity contribution is -0.133. The molecule has 1 aliphatic heterocycles. The summed E-state index contributed by atoms with van der Waals surface area (Å²) in [6.45, 7) is 1.55. The molecule has 2 amide bonds. The van der Waals surface area contributed by atoms with Gasteiger partial charge in [0.15, 0.2) is 0 Å². The molecule has 0 saturated carbocycles. The van der Waals surface area contributed by atoms with E-state index in [0.29, 0.717) is 19.8 Å². The van der Waals surface area contributed by atoms with Gasteiger partial charge in [-0.3, -0.25) is 14.7 Å². The third-order valence-electron chi connectivity index (χ3n) is 4.23. The van der Waals surface area contributed by atoms with Crippen LogP contribution in [0.25, 0.3) is 0 Å². The lowest BCUT2D eigenvalue weighted by Crippen LogP contribution is -2.36. The van der Waals surface area contributed by atoms with Crippen molar-refractivity contribution in [3.05, 3.63) is 17.5 Å². The third kappa shape index (κ3) is 2.65. The Morgan fingerprint density at radius 2 is 2.43 bits per heavy atom. The van der Waals surface area contributed by atoms with Crippen molar-refractivity contribution in [1.82, 2.24) is 20.0 Å². The van der Waals surface area contributed by atoms with Crippen LogP contribution >= 0.6 is 0 Å². The molecule has 0 radical (unpaired) electrons. The van der Waals surface area contributed by atoms with Crippen LogP contribution in [0.15, 0.2) is 6.20 Å². The minimum absolute atomic E-state index is 0.0129. The fourth-order valence-electron chi connectivity index (χ4n) is 3.07. The molecule has 0 aromatic carbocycles. The van der Waals surface area contributed by atoms with E-state index in [2.05, 4.69) is 10.2 Å². The molecular weight excluding hydrogens is 272 g/mol. The van der Waals surface area contributed by atoms with Crippen LogP contribution in [0.4, 0.5) is 0 Å². The number of carbonyl (C=O) groups is 2. The highest BCUT2D eigenvalue weighted by Gasteiger charge is 2.36. The van der Waals surface area contributed by atoms with Crippen molar-refractivity contribution < 1.29 is 14.3 Å². The first-order chi connectivity index (χ1) is 10.2. The minimum Gasteiger partial charge on any atom is -0.383 e. The summed E-state index contributed by atoms with van der Waals surface area (Å²) in [5, 5.41) is 7.00. The van der Waals surface area contributed by atoms with Gasteiger partial charge in [0, 0.05) is 13.7 Å². The predicted octanol–water partition coefficient (Wildman–Crippen LogP) is 0.104. The molecule has 1 atom stereocenters. The summed E-state index contributed by atoms with van der Waals surface area (Å²) in [6.07, 6.45) is 4.57. The zero-order chi connectivity index (χ0) is 14.8. The Hall–Kier alpha value is -1.89. The van der Waals surface area contributed by atoms with Gasteiger partial charge >= 0.3 is 0 Å². The number of nitrogens with one attached hydrogen (secondary N) is 1. The van der Waals surface area contributed by atoms with Crippen LogP contribution in [0, 0.1) is 0 Å². The number of hydrogen-bond acceptors (Lipinski definition) is 4. The number of nitrogens with zero attached hydrogens (tertiary/aromatic N) is 3. The zero-order valence-corrected chi connectivity index (χ0v) is 12.2. The second-order valence-corrected chi connectivity index (χ2v) is 5.58. The summed E-state index contributed by atoms with van der Waals surface area (Å²) >= 11 is 0. The standard InChI is InChI=1S/C14H20N4O3/c1-21-6-5-17-9-18(8-12(17)19)14(20)11-4-2-3-10-7-15-16-13(10)11/h7,11H,2-6,8-9H2,1H3,(H,15,16). The monoisotopic (exact) mass is 292 g/mol. The number of H-pyrrole nitrogens is 1. The van der Waals surface area contributed by atoms with E-state index in [9.17, 15) is 9.59 Å². The van der Waals surface area contributed by atoms with Crippen LogP contribution < -0.4 is 0 Å². The van der Waals surface area contributed by atoms with E-state index >= 15 is 0 Å². The van der Waals surface area contributed by atoms with E-state index < -0.39 is 0 Å². The van der Waals surface area contributed by atoms with Crippen molar-refractivity contribution in [3.63, 3.8) is 0 Å². The molecule has 0 spiro atoms. The Labute approximate surface area is 123 Å². The van der Waals surface area contributed by atoms with Crippen LogP contribution in [0.5, 0.6) is 0 Å². The second kappa shape index (κ2) is 5.85. The van der Waals surface area contributed by atoms with E-state index in [0.717, 1.165) is 30.5 Å². The largest absolute Gasteiger partial charge is 0.383 e. The molecule has 1 fully saturated rings. The number of rotatable bonds is 4. The van der Waals surface area contributed by atoms with Gasteiger partial charge in [0.1, 0.15) is 6.54 Å². The first-order valence-corrected chi connectivity index (χ1v) is 7.28. The number of aromatic amines is 1. The number of aryl methyl sites for hydroxylation is 1. The highest BCUT2D eigenvalue weighted by Crippen LogP contribution is 2.31. The maximum atomic E-state index is 12.7. The van der Waals surface area contributed by atoms with Gasteiger partial charge < -0.3 is 14.5 Å². The molecule has 1 N–H and O–H groups in total. The van der Waals surface area contributed by atoms with Gasteiger partial charge in [-0.1, -0.05) is 0 Å². The molecule has 114 valence electrons. The summed E-state index contributed by atoms with van der Waals surface area (Å²) in [5.41, 5.74) is 2.05. The fourth-order valence-corrected chi connectivity index (χ4v) is 3.07. The quantitative estimate of drug-likeness (QED) is 0.854. The molecular formula is C14H20N4O3. The van der Waals surface area contributed by atoms with Crippen LogP contribution in [0.2, 0.25) is 0 Å². The number of amides is 2. The lowest BCUT2D eigenvalue weighted by atomic mass is 9.87. The summed E-state index contributed by atoms with van der Waals surface area (Å²) in [5.74, 6) is -0.180. The van der Waals surface area contributed by atoms with Crippen molar-refractivity contribution in [2.45, 2.75) is 25.2 Å². The van der Waals surface area contributed by atoms with Gasteiger partial charge in [-0.15, -0.1) is 0 Å². The van der Waals surface area contributed by atoms with Crippen LogP contribution in [0.3, 0.4) is 0 Å². The molecule has 0 bridgehead atoms. The predicted molar refractivity (Wildman–Crippen MR) is 74.4 cm³/mol. The van der Waals surface area contributed by atoms with Gasteiger partial charge in [-0.25, -0.2) is 0 Å². The van der Waals surface area contributed by atoms with E-state index in [4.69, 9.17) is 4.74 Å². The Kier molecular flexibility index (Phi) is 3.92. The molecule has 3 rings (SSSR count). The normalized spacial score (nSPS) is 21.8. The van der Waals surface area contributed by atoms with Crippen molar-refractivity contribution in [2.75, 3.05) is 33.5 Å². The van der Waals surface area contributed by atoms with E-state index in [1.54, 1.807) is 23.1 Å². The zero-order valence-electron chi connectivity index (χ0n) is 12.2. The SMILES string of the molecule is COCCN1CN(C(=O)C2CCCc3cn[nH]c32)CC1=O. The highest BCUT2D eigenvalue weighted by atomic mass is 16.5. The van der Waals surface area contributed by atoms with Crippen LogP contribution in [-0.2, 0) is 20.7 Å². The lowest BCUT2D eigenvalue weighted by Gasteiger charge is -2.25. The maximum absolute atomic E-state index is 12.7. The van der Waals surface area contributed by atoms with Crippen molar-refractivity contribution in [2.24, 2.45) is 0 Å². The third-order valence-corrected chi connectivity index (χ3v) is 4.23. The Morgan fingerprint density at radius 3 is 3.24 bits per heavy atom. The number of aromatic nitrogens is 2. The Balaban J connectivity index is 1.69. The fraction of sp³-hybridized carbons (Fsp3) is 0.643. The Morgan fingerprint density at radius 1 is 1.57 bits per heavy atom. The van der Waals surface area contributed by atoms with Crippen LogP contribution in [0.1, 0.15) is 30.0 Å². The van der Waals surface area contributed by atoms with Crippen molar-refractivity contribution in [3.8, 4) is 0 Å². The first kappa shape index (κ1) is 14.1. The summed E-state index contributed by atoms with van der Waals surface area (Å²) in [4.78, 5) is 27.9. The topological polar surface area (TPSA) is 78.5 Å². The molecule has 1 aromatic rings. The summed E-state index contributed by atoms with van der Waals surface area (Å²) in [7, 11) is 1.60. The smallest absolute Gasteiger partial charge is 0.243 e. The molecule has 1 unspecified atom stereocenters. The molecule has 1 saturated heterocycles. The average Bonchev–Trinajstić information content (AvgIpc) is 3.10. The molecule has 21 heavy (non-hydrogen) atoms. The van der Waals surface area contributed by atoms with E-state index in [-0.39, 0.29) is 24.3 Å². The molecule has 2 aliphatic rings. The minimum atomic E-state index is -0.188. The van der Waals surface area contributed by atoms with E-state index in [1.165, 1.54) is 0 Å². The highest BCUT2D eigenvalue weighted by molar-refractivity contribution is 5.91. The maximum Gasteiger partial charge on any atom is 0.243 e. The first-order valence-electron chi connectivity index (χ1n) is 7.28. The molecule has 7 nitrogen and oxygen atoms in total. The summed E-state index contributed by atoms with van der Waals surface area (Å²) in [6, 6.07) is 0. The van der Waals surface area contributed by atoms with Crippen molar-refractivity contribution in [1.29, 1.82) is 0 Å². The number of methoxy groups -OCH3 is 1. The number of fused-ring (bicyclic) bond motifs is 1. The van der Waals surface area contributed by atoms with Gasteiger partial charge in [0.2, 0.25) is 11.8 Å². The molecule has 2 heterocycles. The van der Waals surface area contributed by atoms with Crippen molar-refractivity contribution >= 4 is 11.8 Å². The number of hydrogen-bond donors (Lipinski definition) is 1. The molecule has 1 aromatic heterocycles. The van der Waals surface area contributed by atoms with Gasteiger partial charge in [-0.05, 0) is 24.8 Å². The average molecular weight is 292 g/mol. The number of ether oxygens (including phenoxy) is 1.